The van der Waals surface area contributed by atoms with Crippen molar-refractivity contribution < 1.29 is 13.9 Å². The molecule has 6 heteroatoms. The van der Waals surface area contributed by atoms with Crippen LogP contribution in [0.1, 0.15) is 15.9 Å². The number of nitrogen functional groups attached to an aromatic ring is 1. The zero-order valence-electron chi connectivity index (χ0n) is 11.2. The summed E-state index contributed by atoms with van der Waals surface area (Å²) in [6.07, 6.45) is 0. The van der Waals surface area contributed by atoms with E-state index >= 15 is 0 Å². The first-order valence-electron chi connectivity index (χ1n) is 5.99. The van der Waals surface area contributed by atoms with Crippen LogP contribution in [0.2, 0.25) is 0 Å². The Kier molecular flexibility index (Phi) is 4.05. The van der Waals surface area contributed by atoms with Crippen LogP contribution in [0.5, 0.6) is 5.75 Å². The molecule has 106 valence electrons. The van der Waals surface area contributed by atoms with Crippen molar-refractivity contribution in [2.45, 2.75) is 0 Å². The van der Waals surface area contributed by atoms with Gasteiger partial charge in [0.1, 0.15) is 11.6 Å². The average molecular weight is 285 g/mol. The molecule has 0 saturated heterocycles. The molecule has 2 rings (SSSR count). The van der Waals surface area contributed by atoms with Gasteiger partial charge in [0.05, 0.1) is 30.0 Å². The maximum absolute atomic E-state index is 13.6. The van der Waals surface area contributed by atoms with Crippen molar-refractivity contribution in [1.29, 1.82) is 5.26 Å². The molecule has 0 aliphatic carbocycles. The van der Waals surface area contributed by atoms with Crippen molar-refractivity contribution in [2.24, 2.45) is 0 Å². The summed E-state index contributed by atoms with van der Waals surface area (Å²) < 4.78 is 18.7. The first-order chi connectivity index (χ1) is 10.0. The van der Waals surface area contributed by atoms with E-state index in [2.05, 4.69) is 5.32 Å². The van der Waals surface area contributed by atoms with Crippen molar-refractivity contribution in [3.8, 4) is 11.8 Å². The van der Waals surface area contributed by atoms with Crippen LogP contribution in [0.4, 0.5) is 15.8 Å². The number of rotatable bonds is 3. The molecule has 0 heterocycles. The summed E-state index contributed by atoms with van der Waals surface area (Å²) in [5.74, 6) is -1.01. The summed E-state index contributed by atoms with van der Waals surface area (Å²) >= 11 is 0. The fourth-order valence-corrected chi connectivity index (χ4v) is 1.77. The third-order valence-electron chi connectivity index (χ3n) is 2.81. The largest absolute Gasteiger partial charge is 0.495 e. The molecule has 0 atom stereocenters. The van der Waals surface area contributed by atoms with E-state index in [0.29, 0.717) is 17.0 Å². The topological polar surface area (TPSA) is 88.1 Å². The summed E-state index contributed by atoms with van der Waals surface area (Å²) in [5, 5.41) is 11.3. The smallest absolute Gasteiger partial charge is 0.258 e. The van der Waals surface area contributed by atoms with Crippen LogP contribution >= 0.6 is 0 Å². The lowest BCUT2D eigenvalue weighted by molar-refractivity contribution is 0.102. The fraction of sp³-hybridized carbons (Fsp3) is 0.0667. The molecule has 3 N–H and O–H groups in total. The Morgan fingerprint density at radius 1 is 1.33 bits per heavy atom. The SMILES string of the molecule is COc1cc(C#N)ccc1NC(=O)c1cc(N)ccc1F. The highest BCUT2D eigenvalue weighted by Crippen LogP contribution is 2.26. The second kappa shape index (κ2) is 5.92. The number of benzene rings is 2. The Hall–Kier alpha value is -3.07. The number of hydrogen-bond donors (Lipinski definition) is 2. The van der Waals surface area contributed by atoms with Crippen LogP contribution in [0.25, 0.3) is 0 Å². The van der Waals surface area contributed by atoms with Gasteiger partial charge in [0.2, 0.25) is 0 Å². The lowest BCUT2D eigenvalue weighted by atomic mass is 10.1. The van der Waals surface area contributed by atoms with Crippen LogP contribution in [0.3, 0.4) is 0 Å². The van der Waals surface area contributed by atoms with Crippen LogP contribution in [-0.2, 0) is 0 Å². The van der Waals surface area contributed by atoms with E-state index in [0.717, 1.165) is 6.07 Å². The molecular formula is C15H12FN3O2. The Labute approximate surface area is 120 Å². The molecule has 0 aromatic heterocycles. The predicted octanol–water partition coefficient (Wildman–Crippen LogP) is 2.54. The van der Waals surface area contributed by atoms with Gasteiger partial charge in [-0.15, -0.1) is 0 Å². The highest BCUT2D eigenvalue weighted by molar-refractivity contribution is 6.05. The molecule has 0 aliphatic rings. The number of nitriles is 1. The van der Waals surface area contributed by atoms with E-state index in [1.165, 1.54) is 37.4 Å². The molecule has 0 fully saturated rings. The second-order valence-corrected chi connectivity index (χ2v) is 4.22. The molecule has 1 amide bonds. The number of amides is 1. The summed E-state index contributed by atoms with van der Waals surface area (Å²) in [4.78, 5) is 12.1. The number of carbonyl (C=O) groups is 1. The normalized spacial score (nSPS) is 9.76. The van der Waals surface area contributed by atoms with Gasteiger partial charge in [-0.05, 0) is 30.3 Å². The molecule has 0 spiro atoms. The van der Waals surface area contributed by atoms with Gasteiger partial charge < -0.3 is 15.8 Å². The number of hydrogen-bond acceptors (Lipinski definition) is 4. The summed E-state index contributed by atoms with van der Waals surface area (Å²) in [6.45, 7) is 0. The molecule has 0 radical (unpaired) electrons. The maximum Gasteiger partial charge on any atom is 0.258 e. The Morgan fingerprint density at radius 2 is 2.10 bits per heavy atom. The van der Waals surface area contributed by atoms with Crippen molar-refractivity contribution in [3.05, 3.63) is 53.3 Å². The van der Waals surface area contributed by atoms with Gasteiger partial charge in [-0.1, -0.05) is 0 Å². The van der Waals surface area contributed by atoms with Crippen LogP contribution in [-0.4, -0.2) is 13.0 Å². The molecule has 0 unspecified atom stereocenters. The molecule has 2 aromatic rings. The molecule has 21 heavy (non-hydrogen) atoms. The van der Waals surface area contributed by atoms with Gasteiger partial charge in [0.25, 0.3) is 5.91 Å². The van der Waals surface area contributed by atoms with Crippen LogP contribution in [0, 0.1) is 17.1 Å². The standard InChI is InChI=1S/C15H12FN3O2/c1-21-14-6-9(8-17)2-5-13(14)19-15(20)11-7-10(18)3-4-12(11)16/h2-7H,18H2,1H3,(H,19,20). The Bertz CT molecular complexity index is 738. The number of nitrogens with one attached hydrogen (secondary N) is 1. The quantitative estimate of drug-likeness (QED) is 0.848. The van der Waals surface area contributed by atoms with E-state index in [4.69, 9.17) is 15.7 Å². The zero-order chi connectivity index (χ0) is 15.4. The van der Waals surface area contributed by atoms with Gasteiger partial charge in [-0.25, -0.2) is 4.39 Å². The highest BCUT2D eigenvalue weighted by atomic mass is 19.1. The highest BCUT2D eigenvalue weighted by Gasteiger charge is 2.14. The molecule has 0 aliphatic heterocycles. The Morgan fingerprint density at radius 3 is 2.76 bits per heavy atom. The number of anilines is 2. The third kappa shape index (κ3) is 3.09. The minimum absolute atomic E-state index is 0.165. The van der Waals surface area contributed by atoms with Gasteiger partial charge in [0.15, 0.2) is 0 Å². The number of nitrogens with two attached hydrogens (primary N) is 1. The maximum atomic E-state index is 13.6. The van der Waals surface area contributed by atoms with E-state index < -0.39 is 11.7 Å². The molecular weight excluding hydrogens is 273 g/mol. The number of nitrogens with zero attached hydrogens (tertiary/aromatic N) is 1. The van der Waals surface area contributed by atoms with Crippen molar-refractivity contribution in [3.63, 3.8) is 0 Å². The number of methoxy groups -OCH3 is 1. The van der Waals surface area contributed by atoms with Gasteiger partial charge in [0, 0.05) is 11.8 Å². The summed E-state index contributed by atoms with van der Waals surface area (Å²) in [5.41, 5.74) is 6.39. The minimum atomic E-state index is -0.672. The molecule has 0 bridgehead atoms. The fourth-order valence-electron chi connectivity index (χ4n) is 1.77. The lowest BCUT2D eigenvalue weighted by Crippen LogP contribution is -2.14. The number of carbonyl (C=O) groups excluding carboxylic acids is 1. The van der Waals surface area contributed by atoms with Gasteiger partial charge in [-0.3, -0.25) is 4.79 Å². The first-order valence-corrected chi connectivity index (χ1v) is 5.99. The second-order valence-electron chi connectivity index (χ2n) is 4.22. The van der Waals surface area contributed by atoms with Crippen molar-refractivity contribution in [2.75, 3.05) is 18.2 Å². The summed E-state index contributed by atoms with van der Waals surface area (Å²) in [6, 6.07) is 10.2. The monoisotopic (exact) mass is 285 g/mol. The van der Waals surface area contributed by atoms with Crippen molar-refractivity contribution >= 4 is 17.3 Å². The van der Waals surface area contributed by atoms with Crippen LogP contribution < -0.4 is 15.8 Å². The predicted molar refractivity (Wildman–Crippen MR) is 76.5 cm³/mol. The van der Waals surface area contributed by atoms with Crippen molar-refractivity contribution in [1.82, 2.24) is 0 Å². The van der Waals surface area contributed by atoms with Gasteiger partial charge >= 0.3 is 0 Å². The minimum Gasteiger partial charge on any atom is -0.495 e. The molecule has 2 aromatic carbocycles. The van der Waals surface area contributed by atoms with E-state index in [9.17, 15) is 9.18 Å². The van der Waals surface area contributed by atoms with Crippen LogP contribution in [0.15, 0.2) is 36.4 Å². The number of halogens is 1. The number of ether oxygens (including phenoxy) is 1. The lowest BCUT2D eigenvalue weighted by Gasteiger charge is -2.11. The van der Waals surface area contributed by atoms with E-state index in [-0.39, 0.29) is 11.3 Å². The van der Waals surface area contributed by atoms with Gasteiger partial charge in [-0.2, -0.15) is 5.26 Å². The first kappa shape index (κ1) is 14.3. The molecule has 5 nitrogen and oxygen atoms in total. The van der Waals surface area contributed by atoms with E-state index in [1.807, 2.05) is 6.07 Å². The third-order valence-corrected chi connectivity index (χ3v) is 2.81. The summed E-state index contributed by atoms with van der Waals surface area (Å²) in [7, 11) is 1.41. The molecule has 0 saturated carbocycles. The Balaban J connectivity index is 2.32. The van der Waals surface area contributed by atoms with E-state index in [1.54, 1.807) is 0 Å². The average Bonchev–Trinajstić information content (AvgIpc) is 2.49. The zero-order valence-corrected chi connectivity index (χ0v) is 11.2.